The molecule has 0 aliphatic rings. The van der Waals surface area contributed by atoms with Crippen LogP contribution in [0.2, 0.25) is 0 Å². The summed E-state index contributed by atoms with van der Waals surface area (Å²) in [6.07, 6.45) is -0.0669. The fourth-order valence-corrected chi connectivity index (χ4v) is 0.326. The lowest BCUT2D eigenvalue weighted by atomic mass is 10.5. The second-order valence-electron chi connectivity index (χ2n) is 1.46. The second-order valence-corrected chi connectivity index (χ2v) is 1.46. The van der Waals surface area contributed by atoms with Crippen LogP contribution in [0.25, 0.3) is 0 Å². The van der Waals surface area contributed by atoms with E-state index in [0.717, 1.165) is 0 Å². The Balaban J connectivity index is 3.26. The number of carbonyl (C=O) groups is 1. The van der Waals surface area contributed by atoms with Crippen molar-refractivity contribution in [3.05, 3.63) is 0 Å². The van der Waals surface area contributed by atoms with Crippen molar-refractivity contribution in [3.8, 4) is 12.1 Å². The van der Waals surface area contributed by atoms with Gasteiger partial charge in [-0.2, -0.15) is 10.5 Å². The molecule has 52 valence electrons. The Morgan fingerprint density at radius 2 is 2.10 bits per heavy atom. The highest BCUT2D eigenvalue weighted by Gasteiger charge is 1.98. The highest BCUT2D eigenvalue weighted by Crippen LogP contribution is 1.85. The van der Waals surface area contributed by atoms with Crippen LogP contribution in [0.3, 0.4) is 0 Å². The van der Waals surface area contributed by atoms with Gasteiger partial charge in [0.25, 0.3) is 0 Å². The minimum Gasteiger partial charge on any atom is -0.464 e. The maximum Gasteiger partial charge on any atom is 0.320 e. The summed E-state index contributed by atoms with van der Waals surface area (Å²) in [4.78, 5) is 10.4. The molecule has 0 fully saturated rings. The van der Waals surface area contributed by atoms with Crippen molar-refractivity contribution in [2.75, 3.05) is 6.61 Å². The van der Waals surface area contributed by atoms with Crippen molar-refractivity contribution in [2.24, 2.45) is 0 Å². The average Bonchev–Trinajstić information content (AvgIpc) is 1.89. The van der Waals surface area contributed by atoms with Crippen molar-refractivity contribution in [3.63, 3.8) is 0 Å². The third-order valence-electron chi connectivity index (χ3n) is 0.700. The van der Waals surface area contributed by atoms with E-state index >= 15 is 0 Å². The molecule has 0 radical (unpaired) electrons. The van der Waals surface area contributed by atoms with Gasteiger partial charge in [-0.1, -0.05) is 0 Å². The summed E-state index contributed by atoms with van der Waals surface area (Å²) >= 11 is 0. The number of carbonyl (C=O) groups excluding carboxylic acids is 1. The van der Waals surface area contributed by atoms with Crippen molar-refractivity contribution in [1.29, 1.82) is 10.5 Å². The number of hydrogen-bond donors (Lipinski definition) is 0. The van der Waals surface area contributed by atoms with Crippen LogP contribution in [0.1, 0.15) is 12.8 Å². The first-order chi connectivity index (χ1) is 4.81. The predicted octanol–water partition coefficient (Wildman–Crippen LogP) is 0.357. The molecule has 0 unspecified atom stereocenters. The lowest BCUT2D eigenvalue weighted by molar-refractivity contribution is -0.142. The minimum atomic E-state index is -0.572. The Morgan fingerprint density at radius 3 is 2.60 bits per heavy atom. The van der Waals surface area contributed by atoms with E-state index in [2.05, 4.69) is 4.74 Å². The van der Waals surface area contributed by atoms with Gasteiger partial charge in [-0.3, -0.25) is 4.79 Å². The molecule has 0 spiro atoms. The summed E-state index contributed by atoms with van der Waals surface area (Å²) in [5, 5.41) is 16.0. The zero-order chi connectivity index (χ0) is 7.82. The fourth-order valence-electron chi connectivity index (χ4n) is 0.326. The van der Waals surface area contributed by atoms with Crippen molar-refractivity contribution >= 4 is 5.97 Å². The minimum absolute atomic E-state index is 0.0804. The zero-order valence-electron chi connectivity index (χ0n) is 5.33. The molecular formula is C6H6N2O2. The summed E-state index contributed by atoms with van der Waals surface area (Å²) in [5.41, 5.74) is 0. The monoisotopic (exact) mass is 138 g/mol. The van der Waals surface area contributed by atoms with E-state index in [0.29, 0.717) is 0 Å². The topological polar surface area (TPSA) is 73.9 Å². The van der Waals surface area contributed by atoms with Crippen LogP contribution in [-0.2, 0) is 9.53 Å². The molecule has 0 aliphatic carbocycles. The molecule has 0 aromatic heterocycles. The van der Waals surface area contributed by atoms with E-state index in [4.69, 9.17) is 10.5 Å². The normalized spacial score (nSPS) is 7.40. The van der Waals surface area contributed by atoms with Crippen LogP contribution in [-0.4, -0.2) is 12.6 Å². The molecule has 0 amide bonds. The summed E-state index contributed by atoms with van der Waals surface area (Å²) in [7, 11) is 0. The third kappa shape index (κ3) is 4.61. The van der Waals surface area contributed by atoms with Gasteiger partial charge < -0.3 is 4.74 Å². The largest absolute Gasteiger partial charge is 0.464 e. The lowest BCUT2D eigenvalue weighted by Gasteiger charge is -1.95. The van der Waals surface area contributed by atoms with Crippen LogP contribution >= 0.6 is 0 Å². The lowest BCUT2D eigenvalue weighted by Crippen LogP contribution is -2.03. The fraction of sp³-hybridized carbons (Fsp3) is 0.500. The Bertz CT molecular complexity index is 187. The Labute approximate surface area is 58.6 Å². The molecule has 0 saturated carbocycles. The second kappa shape index (κ2) is 5.58. The summed E-state index contributed by atoms with van der Waals surface area (Å²) in [5.74, 6) is -0.572. The first kappa shape index (κ1) is 8.45. The molecule has 0 saturated heterocycles. The van der Waals surface area contributed by atoms with Gasteiger partial charge >= 0.3 is 5.97 Å². The van der Waals surface area contributed by atoms with Crippen molar-refractivity contribution < 1.29 is 9.53 Å². The Kier molecular flexibility index (Phi) is 4.72. The predicted molar refractivity (Wildman–Crippen MR) is 31.4 cm³/mol. The molecule has 4 heteroatoms. The molecule has 10 heavy (non-hydrogen) atoms. The first-order valence-corrected chi connectivity index (χ1v) is 2.70. The molecule has 0 aromatic carbocycles. The summed E-state index contributed by atoms with van der Waals surface area (Å²) in [6, 6.07) is 3.44. The molecule has 0 bridgehead atoms. The molecule has 0 atom stereocenters. The van der Waals surface area contributed by atoms with Crippen LogP contribution in [0.4, 0.5) is 0 Å². The maximum atomic E-state index is 10.4. The smallest absolute Gasteiger partial charge is 0.320 e. The summed E-state index contributed by atoms with van der Waals surface area (Å²) in [6.45, 7) is 0.0804. The van der Waals surface area contributed by atoms with Crippen LogP contribution in [0, 0.1) is 22.7 Å². The van der Waals surface area contributed by atoms with Gasteiger partial charge in [0.1, 0.15) is 13.0 Å². The number of nitriles is 2. The molecule has 0 N–H and O–H groups in total. The van der Waals surface area contributed by atoms with Gasteiger partial charge in [-0.15, -0.1) is 0 Å². The SMILES string of the molecule is N#CCCOC(=O)CC#N. The Hall–Kier alpha value is -1.55. The number of nitrogens with zero attached hydrogens (tertiary/aromatic N) is 2. The van der Waals surface area contributed by atoms with Gasteiger partial charge in [0.15, 0.2) is 0 Å². The van der Waals surface area contributed by atoms with E-state index in [1.54, 1.807) is 12.1 Å². The van der Waals surface area contributed by atoms with Gasteiger partial charge in [0.05, 0.1) is 18.6 Å². The van der Waals surface area contributed by atoms with E-state index in [9.17, 15) is 4.79 Å². The average molecular weight is 138 g/mol. The molecule has 4 nitrogen and oxygen atoms in total. The van der Waals surface area contributed by atoms with Crippen molar-refractivity contribution in [2.45, 2.75) is 12.8 Å². The number of esters is 1. The van der Waals surface area contributed by atoms with Gasteiger partial charge in [0, 0.05) is 0 Å². The zero-order valence-corrected chi connectivity index (χ0v) is 5.33. The van der Waals surface area contributed by atoms with Gasteiger partial charge in [-0.25, -0.2) is 0 Å². The molecule has 0 heterocycles. The molecular weight excluding hydrogens is 132 g/mol. The Morgan fingerprint density at radius 1 is 1.40 bits per heavy atom. The quantitative estimate of drug-likeness (QED) is 0.416. The first-order valence-electron chi connectivity index (χ1n) is 2.70. The van der Waals surface area contributed by atoms with Crippen molar-refractivity contribution in [1.82, 2.24) is 0 Å². The number of ether oxygens (including phenoxy) is 1. The molecule has 0 rings (SSSR count). The standard InChI is InChI=1S/C6H6N2O2/c7-3-1-5-10-6(9)2-4-8/h1-2,5H2. The van der Waals surface area contributed by atoms with Crippen LogP contribution in [0.5, 0.6) is 0 Å². The van der Waals surface area contributed by atoms with Crippen LogP contribution in [0.15, 0.2) is 0 Å². The summed E-state index contributed by atoms with van der Waals surface area (Å²) < 4.78 is 4.44. The van der Waals surface area contributed by atoms with Gasteiger partial charge in [-0.05, 0) is 0 Å². The van der Waals surface area contributed by atoms with E-state index < -0.39 is 5.97 Å². The number of rotatable bonds is 3. The highest BCUT2D eigenvalue weighted by atomic mass is 16.5. The molecule has 0 aromatic rings. The van der Waals surface area contributed by atoms with Crippen LogP contribution < -0.4 is 0 Å². The molecule has 0 aliphatic heterocycles. The highest BCUT2D eigenvalue weighted by molar-refractivity contribution is 5.71. The van der Waals surface area contributed by atoms with E-state index in [1.165, 1.54) is 0 Å². The maximum absolute atomic E-state index is 10.4. The van der Waals surface area contributed by atoms with E-state index in [-0.39, 0.29) is 19.4 Å². The number of hydrogen-bond acceptors (Lipinski definition) is 4. The third-order valence-corrected chi connectivity index (χ3v) is 0.700. The van der Waals surface area contributed by atoms with E-state index in [1.807, 2.05) is 0 Å². The van der Waals surface area contributed by atoms with Gasteiger partial charge in [0.2, 0.25) is 0 Å².